The molecule has 1 aliphatic rings. The molecule has 1 amide bonds. The van der Waals surface area contributed by atoms with Crippen molar-refractivity contribution in [1.29, 1.82) is 0 Å². The number of carbonyl (C=O) groups excluding carboxylic acids is 1. The Balaban J connectivity index is 2.00. The molecule has 2 aromatic rings. The maximum atomic E-state index is 13.4. The fourth-order valence-electron chi connectivity index (χ4n) is 2.72. The molecule has 0 aromatic heterocycles. The normalized spacial score (nSPS) is 13.8. The summed E-state index contributed by atoms with van der Waals surface area (Å²) in [6, 6.07) is 8.74. The van der Waals surface area contributed by atoms with Crippen LogP contribution in [0.4, 0.5) is 14.5 Å². The van der Waals surface area contributed by atoms with E-state index in [0.717, 1.165) is 17.7 Å². The first-order valence-corrected chi connectivity index (χ1v) is 7.06. The lowest BCUT2D eigenvalue weighted by Crippen LogP contribution is -2.38. The summed E-state index contributed by atoms with van der Waals surface area (Å²) < 4.78 is 26.4. The number of anilines is 1. The maximum absolute atomic E-state index is 13.4. The van der Waals surface area contributed by atoms with Crippen LogP contribution in [-0.4, -0.2) is 23.5 Å². The van der Waals surface area contributed by atoms with Crippen LogP contribution in [0.1, 0.15) is 12.0 Å². The van der Waals surface area contributed by atoms with Crippen LogP contribution in [0.15, 0.2) is 36.4 Å². The molecule has 4 nitrogen and oxygen atoms in total. The van der Waals surface area contributed by atoms with E-state index < -0.39 is 24.1 Å². The van der Waals surface area contributed by atoms with Crippen molar-refractivity contribution in [2.45, 2.75) is 12.8 Å². The number of fused-ring (bicyclic) bond motifs is 1. The topological polar surface area (TPSA) is 57.6 Å². The average molecular weight is 317 g/mol. The van der Waals surface area contributed by atoms with E-state index in [4.69, 9.17) is 5.11 Å². The number of amides is 1. The zero-order valence-corrected chi connectivity index (χ0v) is 12.1. The molecular formula is C17H13F2NO3. The molecule has 1 aliphatic heterocycles. The minimum Gasteiger partial charge on any atom is -0.480 e. The monoisotopic (exact) mass is 317 g/mol. The molecule has 1 N–H and O–H groups in total. The molecule has 0 saturated heterocycles. The van der Waals surface area contributed by atoms with Gasteiger partial charge in [0, 0.05) is 12.1 Å². The average Bonchev–Trinajstić information content (AvgIpc) is 2.52. The highest BCUT2D eigenvalue weighted by atomic mass is 19.2. The SMILES string of the molecule is O=C(O)CN1C(=O)CCc2cc(-c3ccc(F)c(F)c3)ccc21. The number of carboxylic acid groups (broad SMARTS) is 1. The van der Waals surface area contributed by atoms with Crippen LogP contribution in [0.25, 0.3) is 11.1 Å². The number of rotatable bonds is 3. The van der Waals surface area contributed by atoms with Crippen molar-refractivity contribution >= 4 is 17.6 Å². The summed E-state index contributed by atoms with van der Waals surface area (Å²) in [6.45, 7) is -0.393. The van der Waals surface area contributed by atoms with E-state index >= 15 is 0 Å². The Hall–Kier alpha value is -2.76. The van der Waals surface area contributed by atoms with Crippen LogP contribution >= 0.6 is 0 Å². The number of aliphatic carboxylic acids is 1. The van der Waals surface area contributed by atoms with Crippen LogP contribution in [0.5, 0.6) is 0 Å². The molecular weight excluding hydrogens is 304 g/mol. The van der Waals surface area contributed by atoms with E-state index in [2.05, 4.69) is 0 Å². The summed E-state index contributed by atoms with van der Waals surface area (Å²) in [4.78, 5) is 24.0. The van der Waals surface area contributed by atoms with Gasteiger partial charge in [0.15, 0.2) is 11.6 Å². The molecule has 3 rings (SSSR count). The van der Waals surface area contributed by atoms with Crippen molar-refractivity contribution in [2.75, 3.05) is 11.4 Å². The second-order valence-electron chi connectivity index (χ2n) is 5.35. The highest BCUT2D eigenvalue weighted by molar-refractivity contribution is 6.00. The van der Waals surface area contributed by atoms with E-state index in [1.54, 1.807) is 18.2 Å². The van der Waals surface area contributed by atoms with E-state index in [-0.39, 0.29) is 12.3 Å². The van der Waals surface area contributed by atoms with Crippen LogP contribution < -0.4 is 4.90 Å². The van der Waals surface area contributed by atoms with Crippen molar-refractivity contribution in [1.82, 2.24) is 0 Å². The molecule has 0 fully saturated rings. The standard InChI is InChI=1S/C17H13F2NO3/c18-13-4-1-11(8-14(13)19)10-2-5-15-12(7-10)3-6-16(21)20(15)9-17(22)23/h1-2,4-5,7-8H,3,6,9H2,(H,22,23). The van der Waals surface area contributed by atoms with E-state index in [0.29, 0.717) is 23.2 Å². The quantitative estimate of drug-likeness (QED) is 0.947. The summed E-state index contributed by atoms with van der Waals surface area (Å²) in [5.74, 6) is -3.16. The van der Waals surface area contributed by atoms with Crippen LogP contribution in [0.2, 0.25) is 0 Å². The third-order valence-corrected chi connectivity index (χ3v) is 3.83. The van der Waals surface area contributed by atoms with Crippen molar-refractivity contribution in [3.8, 4) is 11.1 Å². The lowest BCUT2D eigenvalue weighted by molar-refractivity contribution is -0.136. The second kappa shape index (κ2) is 5.79. The fraction of sp³-hybridized carbons (Fsp3) is 0.176. The summed E-state index contributed by atoms with van der Waals surface area (Å²) in [5.41, 5.74) is 2.57. The van der Waals surface area contributed by atoms with Crippen molar-refractivity contribution < 1.29 is 23.5 Å². The van der Waals surface area contributed by atoms with Crippen LogP contribution in [-0.2, 0) is 16.0 Å². The van der Waals surface area contributed by atoms with E-state index in [9.17, 15) is 18.4 Å². The molecule has 0 unspecified atom stereocenters. The number of hydrogen-bond donors (Lipinski definition) is 1. The first kappa shape index (κ1) is 15.1. The Kier molecular flexibility index (Phi) is 3.82. The number of carbonyl (C=O) groups is 2. The van der Waals surface area contributed by atoms with E-state index in [1.807, 2.05) is 0 Å². The molecule has 0 bridgehead atoms. The minimum atomic E-state index is -1.09. The first-order valence-electron chi connectivity index (χ1n) is 7.06. The van der Waals surface area contributed by atoms with Gasteiger partial charge in [-0.2, -0.15) is 0 Å². The predicted octanol–water partition coefficient (Wildman–Crippen LogP) is 3.00. The number of halogens is 2. The van der Waals surface area contributed by atoms with Crippen molar-refractivity contribution in [3.05, 3.63) is 53.6 Å². The molecule has 0 atom stereocenters. The Morgan fingerprint density at radius 2 is 1.74 bits per heavy atom. The molecule has 23 heavy (non-hydrogen) atoms. The Labute approximate surface area is 131 Å². The minimum absolute atomic E-state index is 0.224. The number of nitrogens with zero attached hydrogens (tertiary/aromatic N) is 1. The van der Waals surface area contributed by atoms with Gasteiger partial charge in [-0.25, -0.2) is 8.78 Å². The molecule has 118 valence electrons. The van der Waals surface area contributed by atoms with Crippen molar-refractivity contribution in [2.24, 2.45) is 0 Å². The van der Waals surface area contributed by atoms with Gasteiger partial charge >= 0.3 is 5.97 Å². The smallest absolute Gasteiger partial charge is 0.323 e. The molecule has 6 heteroatoms. The molecule has 0 radical (unpaired) electrons. The molecule has 0 aliphatic carbocycles. The van der Waals surface area contributed by atoms with Gasteiger partial charge in [0.1, 0.15) is 6.54 Å². The highest BCUT2D eigenvalue weighted by Gasteiger charge is 2.26. The second-order valence-corrected chi connectivity index (χ2v) is 5.35. The lowest BCUT2D eigenvalue weighted by atomic mass is 9.95. The number of carboxylic acids is 1. The summed E-state index contributed by atoms with van der Waals surface area (Å²) in [5, 5.41) is 8.93. The summed E-state index contributed by atoms with van der Waals surface area (Å²) >= 11 is 0. The first-order chi connectivity index (χ1) is 11.0. The van der Waals surface area contributed by atoms with Gasteiger partial charge in [-0.15, -0.1) is 0 Å². The Morgan fingerprint density at radius 1 is 1.04 bits per heavy atom. The number of hydrogen-bond acceptors (Lipinski definition) is 2. The van der Waals surface area contributed by atoms with Gasteiger partial charge in [0.25, 0.3) is 0 Å². The molecule has 0 spiro atoms. The molecule has 2 aromatic carbocycles. The summed E-state index contributed by atoms with van der Waals surface area (Å²) in [6.07, 6.45) is 0.712. The third-order valence-electron chi connectivity index (χ3n) is 3.83. The van der Waals surface area contributed by atoms with Gasteiger partial charge in [-0.1, -0.05) is 12.1 Å². The predicted molar refractivity (Wildman–Crippen MR) is 80.1 cm³/mol. The third kappa shape index (κ3) is 2.92. The Morgan fingerprint density at radius 3 is 2.43 bits per heavy atom. The van der Waals surface area contributed by atoms with E-state index in [1.165, 1.54) is 11.0 Å². The van der Waals surface area contributed by atoms with Gasteiger partial charge in [0.05, 0.1) is 0 Å². The largest absolute Gasteiger partial charge is 0.480 e. The van der Waals surface area contributed by atoms with Crippen molar-refractivity contribution in [3.63, 3.8) is 0 Å². The van der Waals surface area contributed by atoms with Gasteiger partial charge in [0.2, 0.25) is 5.91 Å². The number of benzene rings is 2. The maximum Gasteiger partial charge on any atom is 0.323 e. The van der Waals surface area contributed by atoms with Gasteiger partial charge < -0.3 is 10.0 Å². The summed E-state index contributed by atoms with van der Waals surface area (Å²) in [7, 11) is 0. The van der Waals surface area contributed by atoms with Crippen LogP contribution in [0.3, 0.4) is 0 Å². The van der Waals surface area contributed by atoms with Crippen LogP contribution in [0, 0.1) is 11.6 Å². The van der Waals surface area contributed by atoms with Gasteiger partial charge in [-0.3, -0.25) is 9.59 Å². The number of aryl methyl sites for hydroxylation is 1. The highest BCUT2D eigenvalue weighted by Crippen LogP contribution is 2.32. The lowest BCUT2D eigenvalue weighted by Gasteiger charge is -2.28. The molecule has 1 heterocycles. The molecule has 0 saturated carbocycles. The zero-order chi connectivity index (χ0) is 16.6. The zero-order valence-electron chi connectivity index (χ0n) is 12.1. The Bertz CT molecular complexity index is 804. The fourth-order valence-corrected chi connectivity index (χ4v) is 2.72. The van der Waals surface area contributed by atoms with Gasteiger partial charge in [-0.05, 0) is 47.4 Å².